The second-order valence-corrected chi connectivity index (χ2v) is 7.21. The molecular formula is C23H28N2O3. The van der Waals surface area contributed by atoms with Gasteiger partial charge in [0.15, 0.2) is 0 Å². The molecule has 2 amide bonds. The van der Waals surface area contributed by atoms with Gasteiger partial charge in [0, 0.05) is 38.7 Å². The fourth-order valence-corrected chi connectivity index (χ4v) is 3.64. The van der Waals surface area contributed by atoms with Crippen molar-refractivity contribution in [2.75, 3.05) is 26.7 Å². The largest absolute Gasteiger partial charge is 0.494 e. The Morgan fingerprint density at radius 3 is 2.61 bits per heavy atom. The van der Waals surface area contributed by atoms with Gasteiger partial charge in [0.25, 0.3) is 0 Å². The van der Waals surface area contributed by atoms with Crippen LogP contribution in [-0.2, 0) is 22.6 Å². The molecule has 1 saturated heterocycles. The van der Waals surface area contributed by atoms with E-state index in [-0.39, 0.29) is 17.7 Å². The van der Waals surface area contributed by atoms with E-state index in [9.17, 15) is 9.59 Å². The van der Waals surface area contributed by atoms with Gasteiger partial charge in [0.1, 0.15) is 5.75 Å². The third-order valence-corrected chi connectivity index (χ3v) is 5.13. The van der Waals surface area contributed by atoms with Crippen molar-refractivity contribution in [3.05, 3.63) is 65.7 Å². The zero-order valence-corrected chi connectivity index (χ0v) is 16.6. The molecule has 0 bridgehead atoms. The number of benzene rings is 2. The first-order valence-corrected chi connectivity index (χ1v) is 9.86. The molecule has 0 aromatic heterocycles. The van der Waals surface area contributed by atoms with Crippen molar-refractivity contribution in [2.24, 2.45) is 5.92 Å². The fraction of sp³-hybridized carbons (Fsp3) is 0.391. The van der Waals surface area contributed by atoms with Crippen molar-refractivity contribution in [3.63, 3.8) is 0 Å². The average molecular weight is 380 g/mol. The Labute approximate surface area is 166 Å². The molecule has 0 radical (unpaired) electrons. The molecular weight excluding hydrogens is 352 g/mol. The number of hydrogen-bond acceptors (Lipinski definition) is 3. The van der Waals surface area contributed by atoms with Crippen molar-refractivity contribution in [1.82, 2.24) is 9.80 Å². The first-order valence-electron chi connectivity index (χ1n) is 9.86. The maximum absolute atomic E-state index is 12.9. The van der Waals surface area contributed by atoms with Crippen molar-refractivity contribution < 1.29 is 14.3 Å². The molecule has 0 saturated carbocycles. The monoisotopic (exact) mass is 380 g/mol. The lowest BCUT2D eigenvalue weighted by Crippen LogP contribution is -2.34. The number of carbonyl (C=O) groups is 2. The molecule has 2 aromatic rings. The number of amides is 2. The summed E-state index contributed by atoms with van der Waals surface area (Å²) >= 11 is 0. The lowest BCUT2D eigenvalue weighted by Gasteiger charge is -2.22. The van der Waals surface area contributed by atoms with Crippen LogP contribution in [0.25, 0.3) is 0 Å². The Morgan fingerprint density at radius 1 is 1.14 bits per heavy atom. The summed E-state index contributed by atoms with van der Waals surface area (Å²) in [5.41, 5.74) is 2.18. The molecule has 0 spiro atoms. The molecule has 148 valence electrons. The van der Waals surface area contributed by atoms with Crippen LogP contribution in [0.2, 0.25) is 0 Å². The van der Waals surface area contributed by atoms with E-state index in [2.05, 4.69) is 12.1 Å². The summed E-state index contributed by atoms with van der Waals surface area (Å²) in [4.78, 5) is 28.8. The molecule has 3 rings (SSSR count). The molecule has 1 heterocycles. The third-order valence-electron chi connectivity index (χ3n) is 5.13. The molecule has 1 unspecified atom stereocenters. The van der Waals surface area contributed by atoms with Gasteiger partial charge in [-0.3, -0.25) is 9.59 Å². The molecule has 1 aliphatic heterocycles. The van der Waals surface area contributed by atoms with Gasteiger partial charge in [-0.15, -0.1) is 0 Å². The quantitative estimate of drug-likeness (QED) is 0.707. The third kappa shape index (κ3) is 4.91. The van der Waals surface area contributed by atoms with E-state index < -0.39 is 0 Å². The van der Waals surface area contributed by atoms with Crippen LogP contribution in [0.15, 0.2) is 54.6 Å². The highest BCUT2D eigenvalue weighted by Crippen LogP contribution is 2.23. The topological polar surface area (TPSA) is 49.9 Å². The number of likely N-dealkylation sites (tertiary alicyclic amines) is 1. The van der Waals surface area contributed by atoms with E-state index in [0.29, 0.717) is 32.7 Å². The summed E-state index contributed by atoms with van der Waals surface area (Å²) in [5, 5.41) is 0. The second kappa shape index (κ2) is 9.40. The molecule has 2 aromatic carbocycles. The number of carbonyl (C=O) groups excluding carboxylic acids is 2. The van der Waals surface area contributed by atoms with Crippen LogP contribution >= 0.6 is 0 Å². The summed E-state index contributed by atoms with van der Waals surface area (Å²) in [6.45, 7) is 4.16. The lowest BCUT2D eigenvalue weighted by atomic mass is 10.1. The second-order valence-electron chi connectivity index (χ2n) is 7.21. The normalized spacial score (nSPS) is 16.3. The number of hydrogen-bond donors (Lipinski definition) is 0. The zero-order valence-electron chi connectivity index (χ0n) is 16.6. The Morgan fingerprint density at radius 2 is 1.86 bits per heavy atom. The summed E-state index contributed by atoms with van der Waals surface area (Å²) in [7, 11) is 1.79. The lowest BCUT2D eigenvalue weighted by molar-refractivity contribution is -0.135. The number of rotatable bonds is 8. The van der Waals surface area contributed by atoms with Crippen LogP contribution in [0, 0.1) is 5.92 Å². The van der Waals surface area contributed by atoms with Crippen molar-refractivity contribution >= 4 is 11.8 Å². The van der Waals surface area contributed by atoms with Gasteiger partial charge >= 0.3 is 0 Å². The van der Waals surface area contributed by atoms with Crippen molar-refractivity contribution in [1.29, 1.82) is 0 Å². The van der Waals surface area contributed by atoms with Crippen LogP contribution in [-0.4, -0.2) is 48.4 Å². The van der Waals surface area contributed by atoms with Crippen molar-refractivity contribution in [3.8, 4) is 5.75 Å². The van der Waals surface area contributed by atoms with Gasteiger partial charge in [-0.05, 0) is 25.0 Å². The van der Waals surface area contributed by atoms with Gasteiger partial charge in [-0.1, -0.05) is 48.5 Å². The number of ether oxygens (including phenoxy) is 1. The number of para-hydroxylation sites is 1. The predicted molar refractivity (Wildman–Crippen MR) is 109 cm³/mol. The maximum Gasteiger partial charge on any atom is 0.228 e. The molecule has 0 N–H and O–H groups in total. The SMILES string of the molecule is CCOc1ccccc1CN(C)C(=O)C1CC(=O)N(CCc2ccccc2)C1. The van der Waals surface area contributed by atoms with Crippen molar-refractivity contribution in [2.45, 2.75) is 26.3 Å². The first-order chi connectivity index (χ1) is 13.6. The Balaban J connectivity index is 1.56. The minimum atomic E-state index is -0.271. The molecule has 28 heavy (non-hydrogen) atoms. The van der Waals surface area contributed by atoms with E-state index in [4.69, 9.17) is 4.74 Å². The van der Waals surface area contributed by atoms with Crippen LogP contribution in [0.1, 0.15) is 24.5 Å². The van der Waals surface area contributed by atoms with Crippen LogP contribution < -0.4 is 4.74 Å². The van der Waals surface area contributed by atoms with E-state index in [1.165, 1.54) is 5.56 Å². The van der Waals surface area contributed by atoms with Gasteiger partial charge in [-0.25, -0.2) is 0 Å². The minimum Gasteiger partial charge on any atom is -0.494 e. The van der Waals surface area contributed by atoms with Gasteiger partial charge in [-0.2, -0.15) is 0 Å². The average Bonchev–Trinajstić information content (AvgIpc) is 3.09. The summed E-state index contributed by atoms with van der Waals surface area (Å²) in [6, 6.07) is 17.9. The van der Waals surface area contributed by atoms with E-state index in [1.807, 2.05) is 54.3 Å². The predicted octanol–water partition coefficient (Wildman–Crippen LogP) is 3.13. The van der Waals surface area contributed by atoms with Gasteiger partial charge < -0.3 is 14.5 Å². The molecule has 0 aliphatic carbocycles. The Bertz CT molecular complexity index is 807. The molecule has 1 atom stereocenters. The minimum absolute atomic E-state index is 0.0156. The van der Waals surface area contributed by atoms with Crippen LogP contribution in [0.3, 0.4) is 0 Å². The summed E-state index contributed by atoms with van der Waals surface area (Å²) in [5.74, 6) is 0.614. The maximum atomic E-state index is 12.9. The summed E-state index contributed by atoms with van der Waals surface area (Å²) < 4.78 is 5.65. The van der Waals surface area contributed by atoms with Crippen LogP contribution in [0.4, 0.5) is 0 Å². The standard InChI is InChI=1S/C23H28N2O3/c1-3-28-21-12-8-7-11-19(21)16-24(2)23(27)20-15-22(26)25(17-20)14-13-18-9-5-4-6-10-18/h4-12,20H,3,13-17H2,1-2H3. The Kier molecular flexibility index (Phi) is 6.69. The fourth-order valence-electron chi connectivity index (χ4n) is 3.64. The molecule has 1 aliphatic rings. The smallest absolute Gasteiger partial charge is 0.228 e. The van der Waals surface area contributed by atoms with Gasteiger partial charge in [0.2, 0.25) is 11.8 Å². The molecule has 5 heteroatoms. The van der Waals surface area contributed by atoms with Crippen LogP contribution in [0.5, 0.6) is 5.75 Å². The highest BCUT2D eigenvalue weighted by Gasteiger charge is 2.35. The highest BCUT2D eigenvalue weighted by molar-refractivity contribution is 5.89. The summed E-state index contributed by atoms with van der Waals surface area (Å²) in [6.07, 6.45) is 1.11. The van der Waals surface area contributed by atoms with E-state index in [0.717, 1.165) is 17.7 Å². The van der Waals surface area contributed by atoms with E-state index >= 15 is 0 Å². The van der Waals surface area contributed by atoms with E-state index in [1.54, 1.807) is 11.9 Å². The molecule has 5 nitrogen and oxygen atoms in total. The highest BCUT2D eigenvalue weighted by atomic mass is 16.5. The number of nitrogens with zero attached hydrogens (tertiary/aromatic N) is 2. The zero-order chi connectivity index (χ0) is 19.9. The first kappa shape index (κ1) is 19.9. The molecule has 1 fully saturated rings. The Hall–Kier alpha value is -2.82. The van der Waals surface area contributed by atoms with Gasteiger partial charge in [0.05, 0.1) is 12.5 Å².